The summed E-state index contributed by atoms with van der Waals surface area (Å²) in [7, 11) is -1.85. The van der Waals surface area contributed by atoms with E-state index in [1.807, 2.05) is 19.1 Å². The lowest BCUT2D eigenvalue weighted by atomic mass is 10.2. The maximum atomic E-state index is 10.8. The Morgan fingerprint density at radius 1 is 0.710 bits per heavy atom. The van der Waals surface area contributed by atoms with Crippen LogP contribution in [0.3, 0.4) is 0 Å². The van der Waals surface area contributed by atoms with Gasteiger partial charge in [0.2, 0.25) is 0 Å². The molecule has 0 spiro atoms. The second-order valence-corrected chi connectivity index (χ2v) is 10.9. The molecule has 0 aliphatic carbocycles. The summed E-state index contributed by atoms with van der Waals surface area (Å²) in [5, 5.41) is 4.14. The van der Waals surface area contributed by atoms with E-state index in [0.717, 1.165) is 18.0 Å². The largest absolute Gasteiger partial charge is 1.00 e. The van der Waals surface area contributed by atoms with Gasteiger partial charge in [0, 0.05) is 0 Å². The Morgan fingerprint density at radius 3 is 1.52 bits per heavy atom. The van der Waals surface area contributed by atoms with Crippen molar-refractivity contribution >= 4 is 29.5 Å². The lowest BCUT2D eigenvalue weighted by molar-refractivity contribution is -0.104. The number of allylic oxidation sites excluding steroid dienone is 6. The molecule has 158 valence electrons. The van der Waals surface area contributed by atoms with E-state index in [1.165, 1.54) is 21.5 Å². The zero-order chi connectivity index (χ0) is 21.2. The van der Waals surface area contributed by atoms with Gasteiger partial charge in [-0.25, -0.2) is 0 Å². The van der Waals surface area contributed by atoms with Crippen molar-refractivity contribution in [1.82, 2.24) is 0 Å². The zero-order valence-electron chi connectivity index (χ0n) is 18.0. The van der Waals surface area contributed by atoms with Crippen molar-refractivity contribution < 1.29 is 17.2 Å². The van der Waals surface area contributed by atoms with Crippen LogP contribution in [-0.4, -0.2) is 12.4 Å². The highest BCUT2D eigenvalue weighted by Gasteiger charge is 2.44. The molecule has 0 amide bonds. The molecular formula is C28H28ClOP. The minimum absolute atomic E-state index is 0. The predicted octanol–water partition coefficient (Wildman–Crippen LogP) is 2.63. The normalized spacial score (nSPS) is 12.5. The summed E-state index contributed by atoms with van der Waals surface area (Å²) in [6, 6.07) is 32.7. The van der Waals surface area contributed by atoms with E-state index in [2.05, 4.69) is 110 Å². The van der Waals surface area contributed by atoms with Gasteiger partial charge in [-0.15, -0.1) is 0 Å². The number of carbonyl (C=O) groups is 1. The summed E-state index contributed by atoms with van der Waals surface area (Å²) in [4.78, 5) is 10.8. The molecule has 0 saturated heterocycles. The summed E-state index contributed by atoms with van der Waals surface area (Å²) < 4.78 is 0. The highest BCUT2D eigenvalue weighted by Crippen LogP contribution is 2.55. The lowest BCUT2D eigenvalue weighted by Gasteiger charge is -2.26. The van der Waals surface area contributed by atoms with Gasteiger partial charge in [0.05, 0.1) is 6.16 Å². The van der Waals surface area contributed by atoms with E-state index in [0.29, 0.717) is 0 Å². The Kier molecular flexibility index (Phi) is 9.66. The van der Waals surface area contributed by atoms with Gasteiger partial charge in [0.15, 0.2) is 0 Å². The van der Waals surface area contributed by atoms with Gasteiger partial charge in [-0.1, -0.05) is 78.4 Å². The molecule has 3 heteroatoms. The molecule has 0 aliphatic rings. The maximum absolute atomic E-state index is 10.8. The standard InChI is InChI=1S/C28H28OP.ClH/c1-24(13-12-14-25(2)23-29)21-22-30(26-15-6-3-7-16-26,27-17-8-4-9-18-27)28-19-10-5-11-20-28;/h3-21,23H,22H2,1-2H3;1H/q+1;/p-1. The van der Waals surface area contributed by atoms with Crippen molar-refractivity contribution in [1.29, 1.82) is 0 Å². The van der Waals surface area contributed by atoms with Gasteiger partial charge >= 0.3 is 0 Å². The average Bonchev–Trinajstić information content (AvgIpc) is 2.81. The molecule has 3 rings (SSSR count). The fourth-order valence-electron chi connectivity index (χ4n) is 3.55. The van der Waals surface area contributed by atoms with Crippen LogP contribution in [0.25, 0.3) is 0 Å². The van der Waals surface area contributed by atoms with E-state index >= 15 is 0 Å². The fraction of sp³-hybridized carbons (Fsp3) is 0.107. The number of benzene rings is 3. The third-order valence-electron chi connectivity index (χ3n) is 5.18. The van der Waals surface area contributed by atoms with Crippen molar-refractivity contribution in [3.63, 3.8) is 0 Å². The van der Waals surface area contributed by atoms with E-state index in [9.17, 15) is 4.79 Å². The number of carbonyl (C=O) groups excluding carboxylic acids is 1. The summed E-state index contributed by atoms with van der Waals surface area (Å²) in [6.45, 7) is 3.93. The number of aldehydes is 1. The van der Waals surface area contributed by atoms with E-state index < -0.39 is 7.26 Å². The molecule has 0 radical (unpaired) electrons. The number of halogens is 1. The summed E-state index contributed by atoms with van der Waals surface area (Å²) in [6.07, 6.45) is 10.0. The monoisotopic (exact) mass is 446 g/mol. The second kappa shape index (κ2) is 12.2. The van der Waals surface area contributed by atoms with Crippen molar-refractivity contribution in [2.75, 3.05) is 6.16 Å². The highest BCUT2D eigenvalue weighted by molar-refractivity contribution is 7.95. The summed E-state index contributed by atoms with van der Waals surface area (Å²) >= 11 is 0. The number of rotatable bonds is 8. The average molecular weight is 447 g/mol. The van der Waals surface area contributed by atoms with Crippen molar-refractivity contribution in [3.05, 3.63) is 126 Å². The molecule has 0 aliphatic heterocycles. The molecule has 3 aromatic rings. The Hall–Kier alpha value is -2.73. The van der Waals surface area contributed by atoms with E-state index in [4.69, 9.17) is 0 Å². The number of hydrogen-bond donors (Lipinski definition) is 0. The maximum Gasteiger partial charge on any atom is 0.145 e. The van der Waals surface area contributed by atoms with Crippen LogP contribution in [0, 0.1) is 0 Å². The van der Waals surface area contributed by atoms with Crippen LogP contribution in [0.15, 0.2) is 126 Å². The SMILES string of the molecule is CC(C=O)=CC=CC(C)=CC[P+](c1ccccc1)(c1ccccc1)c1ccccc1.[Cl-]. The lowest BCUT2D eigenvalue weighted by Crippen LogP contribution is -3.00. The molecule has 0 fully saturated rings. The van der Waals surface area contributed by atoms with Gasteiger partial charge in [-0.05, 0) is 61.9 Å². The Morgan fingerprint density at radius 2 is 1.13 bits per heavy atom. The van der Waals surface area contributed by atoms with Crippen LogP contribution >= 0.6 is 7.26 Å². The zero-order valence-corrected chi connectivity index (χ0v) is 19.6. The van der Waals surface area contributed by atoms with E-state index in [-0.39, 0.29) is 12.4 Å². The molecule has 0 unspecified atom stereocenters. The summed E-state index contributed by atoms with van der Waals surface area (Å²) in [5.74, 6) is 0. The highest BCUT2D eigenvalue weighted by atomic mass is 35.5. The molecule has 1 nitrogen and oxygen atoms in total. The molecule has 0 bridgehead atoms. The van der Waals surface area contributed by atoms with Crippen LogP contribution in [0.1, 0.15) is 13.8 Å². The first-order valence-electron chi connectivity index (χ1n) is 10.2. The van der Waals surface area contributed by atoms with Crippen molar-refractivity contribution in [2.24, 2.45) is 0 Å². The molecule has 0 N–H and O–H groups in total. The van der Waals surface area contributed by atoms with Gasteiger partial charge in [0.25, 0.3) is 0 Å². The van der Waals surface area contributed by atoms with Gasteiger partial charge < -0.3 is 12.4 Å². The Balaban J connectivity index is 0.00000341. The minimum atomic E-state index is -1.85. The molecular weight excluding hydrogens is 419 g/mol. The second-order valence-electron chi connectivity index (χ2n) is 7.33. The van der Waals surface area contributed by atoms with Gasteiger partial charge in [-0.3, -0.25) is 4.79 Å². The predicted molar refractivity (Wildman–Crippen MR) is 133 cm³/mol. The van der Waals surface area contributed by atoms with Crippen LogP contribution in [0.4, 0.5) is 0 Å². The number of hydrogen-bond acceptors (Lipinski definition) is 1. The topological polar surface area (TPSA) is 17.1 Å². The molecule has 3 aromatic carbocycles. The van der Waals surface area contributed by atoms with Gasteiger partial charge in [0.1, 0.15) is 29.5 Å². The van der Waals surface area contributed by atoms with Gasteiger partial charge in [-0.2, -0.15) is 0 Å². The third kappa shape index (κ3) is 6.14. The molecule has 0 heterocycles. The Labute approximate surface area is 193 Å². The van der Waals surface area contributed by atoms with Crippen LogP contribution < -0.4 is 28.3 Å². The Bertz CT molecular complexity index is 941. The first-order chi connectivity index (χ1) is 14.7. The smallest absolute Gasteiger partial charge is 0.145 e. The van der Waals surface area contributed by atoms with E-state index in [1.54, 1.807) is 0 Å². The molecule has 0 aromatic heterocycles. The quantitative estimate of drug-likeness (QED) is 0.225. The van der Waals surface area contributed by atoms with Crippen LogP contribution in [0.5, 0.6) is 0 Å². The minimum Gasteiger partial charge on any atom is -1.00 e. The fourth-order valence-corrected chi connectivity index (χ4v) is 7.68. The molecule has 0 saturated carbocycles. The molecule has 31 heavy (non-hydrogen) atoms. The summed E-state index contributed by atoms with van der Waals surface area (Å²) in [5.41, 5.74) is 1.91. The first kappa shape index (κ1) is 24.5. The molecule has 0 atom stereocenters. The van der Waals surface area contributed by atoms with Crippen molar-refractivity contribution in [2.45, 2.75) is 13.8 Å². The first-order valence-corrected chi connectivity index (χ1v) is 12.2. The van der Waals surface area contributed by atoms with Crippen LogP contribution in [0.2, 0.25) is 0 Å². The van der Waals surface area contributed by atoms with Crippen molar-refractivity contribution in [3.8, 4) is 0 Å². The third-order valence-corrected chi connectivity index (χ3v) is 9.45. The van der Waals surface area contributed by atoms with Crippen LogP contribution in [-0.2, 0) is 4.79 Å².